The number of hydrogen-bond donors (Lipinski definition) is 0. The van der Waals surface area contributed by atoms with Gasteiger partial charge in [-0.05, 0) is 43.7 Å². The van der Waals surface area contributed by atoms with E-state index in [0.717, 1.165) is 27.8 Å². The van der Waals surface area contributed by atoms with Gasteiger partial charge in [-0.2, -0.15) is 0 Å². The lowest BCUT2D eigenvalue weighted by Crippen LogP contribution is -2.15. The molecule has 0 aliphatic heterocycles. The molecular weight excluding hydrogens is 418 g/mol. The molecule has 0 unspecified atom stereocenters. The molecule has 0 fully saturated rings. The summed E-state index contributed by atoms with van der Waals surface area (Å²) in [7, 11) is 1.60. The average Bonchev–Trinajstić information content (AvgIpc) is 3.26. The third-order valence-corrected chi connectivity index (χ3v) is 5.62. The largest absolute Gasteiger partial charge is 0.496 e. The van der Waals surface area contributed by atoms with Crippen LogP contribution >= 0.6 is 11.6 Å². The third kappa shape index (κ3) is 3.18. The predicted octanol–water partition coefficient (Wildman–Crippen LogP) is 5.12. The van der Waals surface area contributed by atoms with Gasteiger partial charge in [0.1, 0.15) is 17.0 Å². The molecule has 0 spiro atoms. The van der Waals surface area contributed by atoms with Gasteiger partial charge < -0.3 is 13.7 Å². The molecule has 0 saturated carbocycles. The summed E-state index contributed by atoms with van der Waals surface area (Å²) in [4.78, 5) is 17.2. The normalized spacial score (nSPS) is 11.5. The number of methoxy groups -OCH3 is 1. The summed E-state index contributed by atoms with van der Waals surface area (Å²) in [5.41, 5.74) is 5.17. The smallest absolute Gasteiger partial charge is 0.420 e. The number of ether oxygens (including phenoxy) is 1. The minimum Gasteiger partial charge on any atom is -0.496 e. The number of halogens is 1. The van der Waals surface area contributed by atoms with E-state index in [1.807, 2.05) is 38.1 Å². The molecular formula is C23H18ClN3O4. The molecule has 2 aromatic carbocycles. The molecule has 0 saturated heterocycles. The fourth-order valence-corrected chi connectivity index (χ4v) is 4.05. The maximum absolute atomic E-state index is 12.6. The van der Waals surface area contributed by atoms with Gasteiger partial charge in [-0.1, -0.05) is 28.9 Å². The molecule has 8 heteroatoms. The van der Waals surface area contributed by atoms with Gasteiger partial charge >= 0.3 is 5.76 Å². The summed E-state index contributed by atoms with van der Waals surface area (Å²) in [5, 5.41) is 5.44. The van der Waals surface area contributed by atoms with E-state index in [0.29, 0.717) is 39.7 Å². The Kier molecular flexibility index (Phi) is 4.55. The first kappa shape index (κ1) is 19.4. The fraction of sp³-hybridized carbons (Fsp3) is 0.174. The Morgan fingerprint density at radius 2 is 1.94 bits per heavy atom. The molecule has 5 aromatic rings. The van der Waals surface area contributed by atoms with Crippen LogP contribution in [0.3, 0.4) is 0 Å². The number of benzene rings is 2. The molecule has 0 amide bonds. The van der Waals surface area contributed by atoms with Crippen molar-refractivity contribution in [3.05, 3.63) is 75.2 Å². The second kappa shape index (κ2) is 7.28. The number of aryl methyl sites for hydroxylation is 2. The van der Waals surface area contributed by atoms with Gasteiger partial charge in [0.2, 0.25) is 0 Å². The van der Waals surface area contributed by atoms with Crippen molar-refractivity contribution in [1.82, 2.24) is 14.7 Å². The Hall–Kier alpha value is -3.58. The van der Waals surface area contributed by atoms with E-state index in [1.54, 1.807) is 30.0 Å². The highest BCUT2D eigenvalue weighted by molar-refractivity contribution is 6.30. The minimum atomic E-state index is -0.451. The van der Waals surface area contributed by atoms with Crippen LogP contribution in [-0.2, 0) is 6.54 Å². The van der Waals surface area contributed by atoms with Gasteiger partial charge in [-0.3, -0.25) is 9.55 Å². The molecule has 7 nitrogen and oxygen atoms in total. The van der Waals surface area contributed by atoms with Gasteiger partial charge in [0, 0.05) is 16.0 Å². The number of fused-ring (bicyclic) bond motifs is 3. The van der Waals surface area contributed by atoms with Gasteiger partial charge in [-0.25, -0.2) is 4.79 Å². The Morgan fingerprint density at radius 1 is 1.16 bits per heavy atom. The molecule has 156 valence electrons. The molecule has 3 heterocycles. The van der Waals surface area contributed by atoms with Gasteiger partial charge in [-0.15, -0.1) is 0 Å². The summed E-state index contributed by atoms with van der Waals surface area (Å²) < 4.78 is 18.1. The first-order valence-electron chi connectivity index (χ1n) is 9.64. The number of aromatic nitrogens is 3. The summed E-state index contributed by atoms with van der Waals surface area (Å²) >= 11 is 5.99. The van der Waals surface area contributed by atoms with Crippen LogP contribution in [0.2, 0.25) is 5.02 Å². The number of oxazole rings is 1. The van der Waals surface area contributed by atoms with Crippen molar-refractivity contribution in [2.24, 2.45) is 0 Å². The minimum absolute atomic E-state index is 0.343. The van der Waals surface area contributed by atoms with Crippen LogP contribution in [0, 0.1) is 13.8 Å². The molecule has 5 rings (SSSR count). The van der Waals surface area contributed by atoms with Crippen LogP contribution in [0.1, 0.15) is 17.0 Å². The van der Waals surface area contributed by atoms with Crippen LogP contribution in [0.25, 0.3) is 33.1 Å². The molecule has 0 N–H and O–H groups in total. The maximum atomic E-state index is 12.6. The van der Waals surface area contributed by atoms with Crippen molar-refractivity contribution < 1.29 is 13.7 Å². The molecule has 0 aliphatic rings. The first-order valence-corrected chi connectivity index (χ1v) is 10.0. The third-order valence-electron chi connectivity index (χ3n) is 5.37. The zero-order chi connectivity index (χ0) is 21.7. The molecule has 0 atom stereocenters. The van der Waals surface area contributed by atoms with Crippen molar-refractivity contribution in [2.45, 2.75) is 20.4 Å². The Balaban J connectivity index is 1.76. The van der Waals surface area contributed by atoms with Crippen LogP contribution in [0.15, 0.2) is 56.3 Å². The summed E-state index contributed by atoms with van der Waals surface area (Å²) in [6.45, 7) is 4.08. The van der Waals surface area contributed by atoms with Crippen molar-refractivity contribution in [1.29, 1.82) is 0 Å². The van der Waals surface area contributed by atoms with E-state index in [1.165, 1.54) is 0 Å². The van der Waals surface area contributed by atoms with E-state index in [2.05, 4.69) is 10.1 Å². The van der Waals surface area contributed by atoms with Crippen LogP contribution in [-0.4, -0.2) is 21.8 Å². The second-order valence-corrected chi connectivity index (χ2v) is 7.76. The van der Waals surface area contributed by atoms with Gasteiger partial charge in [0.15, 0.2) is 5.58 Å². The number of hydrogen-bond acceptors (Lipinski definition) is 6. The highest BCUT2D eigenvalue weighted by atomic mass is 35.5. The zero-order valence-electron chi connectivity index (χ0n) is 17.1. The van der Waals surface area contributed by atoms with Crippen molar-refractivity contribution >= 4 is 33.6 Å². The summed E-state index contributed by atoms with van der Waals surface area (Å²) in [6, 6.07) is 11.1. The van der Waals surface area contributed by atoms with E-state index in [-0.39, 0.29) is 0 Å². The lowest BCUT2D eigenvalue weighted by atomic mass is 10.0. The standard InChI is InChI=1S/C23H18ClN3O4/c1-12-21(13(2)31-26-12)17-8-18-16(9-19(17)29-3)22-20(10-25-18)30-23(28)27(22)11-14-4-6-15(24)7-5-14/h4-10H,11H2,1-3H3. The lowest BCUT2D eigenvalue weighted by Gasteiger charge is -2.11. The molecule has 31 heavy (non-hydrogen) atoms. The SMILES string of the molecule is COc1cc2c(cc1-c1c(C)noc1C)ncc1oc(=O)n(Cc3ccc(Cl)cc3)c12. The molecule has 3 aromatic heterocycles. The second-order valence-electron chi connectivity index (χ2n) is 7.32. The highest BCUT2D eigenvalue weighted by Crippen LogP contribution is 2.38. The van der Waals surface area contributed by atoms with Gasteiger partial charge in [0.05, 0.1) is 36.6 Å². The Bertz CT molecular complexity index is 1480. The number of pyridine rings is 1. The Labute approximate surface area is 181 Å². The lowest BCUT2D eigenvalue weighted by molar-refractivity contribution is 0.393. The predicted molar refractivity (Wildman–Crippen MR) is 118 cm³/mol. The summed E-state index contributed by atoms with van der Waals surface area (Å²) in [5.74, 6) is 0.870. The average molecular weight is 436 g/mol. The van der Waals surface area contributed by atoms with Gasteiger partial charge in [0.25, 0.3) is 0 Å². The summed E-state index contributed by atoms with van der Waals surface area (Å²) in [6.07, 6.45) is 1.57. The molecule has 0 bridgehead atoms. The van der Waals surface area contributed by atoms with E-state index >= 15 is 0 Å². The van der Waals surface area contributed by atoms with E-state index in [9.17, 15) is 4.79 Å². The fourth-order valence-electron chi connectivity index (χ4n) is 3.93. The van der Waals surface area contributed by atoms with Crippen LogP contribution in [0.4, 0.5) is 0 Å². The zero-order valence-corrected chi connectivity index (χ0v) is 17.9. The number of rotatable bonds is 4. The monoisotopic (exact) mass is 435 g/mol. The van der Waals surface area contributed by atoms with Crippen molar-refractivity contribution in [3.63, 3.8) is 0 Å². The van der Waals surface area contributed by atoms with E-state index in [4.69, 9.17) is 25.3 Å². The van der Waals surface area contributed by atoms with Crippen LogP contribution < -0.4 is 10.5 Å². The molecule has 0 radical (unpaired) electrons. The topological polar surface area (TPSA) is 83.3 Å². The first-order chi connectivity index (χ1) is 15.0. The molecule has 0 aliphatic carbocycles. The quantitative estimate of drug-likeness (QED) is 0.389. The van der Waals surface area contributed by atoms with Crippen molar-refractivity contribution in [2.75, 3.05) is 7.11 Å². The maximum Gasteiger partial charge on any atom is 0.420 e. The Morgan fingerprint density at radius 3 is 2.61 bits per heavy atom. The van der Waals surface area contributed by atoms with Crippen molar-refractivity contribution in [3.8, 4) is 16.9 Å². The number of nitrogens with zero attached hydrogens (tertiary/aromatic N) is 3. The van der Waals surface area contributed by atoms with Crippen LogP contribution in [0.5, 0.6) is 5.75 Å². The van der Waals surface area contributed by atoms with E-state index < -0.39 is 5.76 Å². The highest BCUT2D eigenvalue weighted by Gasteiger charge is 2.20.